The molecule has 0 aromatic heterocycles. The number of amides is 3. The summed E-state index contributed by atoms with van der Waals surface area (Å²) in [5.74, 6) is -1.06. The van der Waals surface area contributed by atoms with Gasteiger partial charge in [0.05, 0.1) is 13.6 Å². The fraction of sp³-hybridized carbons (Fsp3) is 0.286. The van der Waals surface area contributed by atoms with Gasteiger partial charge in [-0.1, -0.05) is 48.0 Å². The highest BCUT2D eigenvalue weighted by Gasteiger charge is 2.52. The van der Waals surface area contributed by atoms with Crippen LogP contribution in [0.5, 0.6) is 0 Å². The van der Waals surface area contributed by atoms with Gasteiger partial charge in [0.25, 0.3) is 0 Å². The Morgan fingerprint density at radius 1 is 1.19 bits per heavy atom. The van der Waals surface area contributed by atoms with Crippen LogP contribution in [0, 0.1) is 12.3 Å². The Balaban J connectivity index is 1.75. The fourth-order valence-corrected chi connectivity index (χ4v) is 4.12. The maximum atomic E-state index is 13.4. The zero-order valence-corrected chi connectivity index (χ0v) is 15.4. The molecule has 2 aromatic rings. The predicted octanol–water partition coefficient (Wildman–Crippen LogP) is 0.605. The van der Waals surface area contributed by atoms with Gasteiger partial charge in [0.1, 0.15) is 17.6 Å². The monoisotopic (exact) mass is 363 g/mol. The summed E-state index contributed by atoms with van der Waals surface area (Å²) in [6.45, 7) is 2.40. The van der Waals surface area contributed by atoms with E-state index < -0.39 is 23.3 Å². The van der Waals surface area contributed by atoms with Crippen molar-refractivity contribution in [1.82, 2.24) is 4.90 Å². The fourth-order valence-electron chi connectivity index (χ4n) is 4.12. The second-order valence-corrected chi connectivity index (χ2v) is 7.45. The summed E-state index contributed by atoms with van der Waals surface area (Å²) in [5, 5.41) is 12.8. The average molecular weight is 363 g/mol. The molecular weight excluding hydrogens is 342 g/mol. The highest BCUT2D eigenvalue weighted by Crippen LogP contribution is 2.34. The molecule has 2 heterocycles. The number of fused-ring (bicyclic) bond motifs is 1. The largest absolute Gasteiger partial charge is 0.861 e. The molecule has 1 N–H and O–H groups in total. The number of aryl methyl sites for hydroxylation is 1. The van der Waals surface area contributed by atoms with Gasteiger partial charge in [-0.15, -0.1) is 0 Å². The topological polar surface area (TPSA) is 77.2 Å². The predicted molar refractivity (Wildman–Crippen MR) is 98.6 cm³/mol. The van der Waals surface area contributed by atoms with Gasteiger partial charge in [0.15, 0.2) is 0 Å². The Morgan fingerprint density at radius 2 is 1.93 bits per heavy atom. The summed E-state index contributed by atoms with van der Waals surface area (Å²) < 4.78 is 0. The van der Waals surface area contributed by atoms with Crippen LogP contribution in [0.3, 0.4) is 0 Å². The summed E-state index contributed by atoms with van der Waals surface area (Å²) >= 11 is 0. The number of carbonyl (C=O) groups excluding carboxylic acids is 2. The zero-order valence-electron chi connectivity index (χ0n) is 15.4. The Morgan fingerprint density at radius 3 is 2.67 bits per heavy atom. The number of benzene rings is 2. The number of rotatable bonds is 2. The van der Waals surface area contributed by atoms with E-state index >= 15 is 0 Å². The first-order valence-electron chi connectivity index (χ1n) is 8.99. The molecule has 2 aliphatic rings. The van der Waals surface area contributed by atoms with Crippen molar-refractivity contribution in [2.75, 3.05) is 13.6 Å². The van der Waals surface area contributed by atoms with E-state index in [2.05, 4.69) is 4.99 Å². The molecule has 0 bridgehead atoms. The normalized spacial score (nSPS) is 24.7. The van der Waals surface area contributed by atoms with Crippen LogP contribution >= 0.6 is 0 Å². The highest BCUT2D eigenvalue weighted by atomic mass is 16.3. The molecule has 2 unspecified atom stereocenters. The molecule has 2 atom stereocenters. The first-order valence-corrected chi connectivity index (χ1v) is 8.99. The van der Waals surface area contributed by atoms with E-state index in [1.165, 1.54) is 0 Å². The van der Waals surface area contributed by atoms with Crippen LogP contribution in [0.15, 0.2) is 53.5 Å². The molecule has 4 rings (SSSR count). The van der Waals surface area contributed by atoms with E-state index in [4.69, 9.17) is 0 Å². The summed E-state index contributed by atoms with van der Waals surface area (Å²) in [4.78, 5) is 31.5. The maximum absolute atomic E-state index is 13.4. The second-order valence-electron chi connectivity index (χ2n) is 7.45. The summed E-state index contributed by atoms with van der Waals surface area (Å²) in [6.07, 6.45) is 0.279. The van der Waals surface area contributed by atoms with Crippen LogP contribution in [-0.4, -0.2) is 36.3 Å². The lowest BCUT2D eigenvalue weighted by atomic mass is 9.75. The van der Waals surface area contributed by atoms with E-state index in [0.717, 1.165) is 32.2 Å². The molecule has 0 saturated carbocycles. The Bertz CT molecular complexity index is 954. The number of imide groups is 1. The minimum absolute atomic E-state index is 0.122. The van der Waals surface area contributed by atoms with Crippen molar-refractivity contribution in [2.45, 2.75) is 19.9 Å². The van der Waals surface area contributed by atoms with E-state index in [9.17, 15) is 14.7 Å². The minimum Gasteiger partial charge on any atom is -0.861 e. The molecule has 3 amide bonds. The SMILES string of the molecule is Cc1ccc2c(c1)CC1(C[NH+]2C)C(=O)N(Cc2ccccc2)C(=O)N=C1[O-]. The Kier molecular flexibility index (Phi) is 4.08. The summed E-state index contributed by atoms with van der Waals surface area (Å²) in [6, 6.07) is 14.6. The third-order valence-corrected chi connectivity index (χ3v) is 5.46. The van der Waals surface area contributed by atoms with Crippen LogP contribution < -0.4 is 10.0 Å². The third-order valence-electron chi connectivity index (χ3n) is 5.46. The van der Waals surface area contributed by atoms with Crippen molar-refractivity contribution >= 4 is 23.5 Å². The van der Waals surface area contributed by atoms with Crippen molar-refractivity contribution in [3.8, 4) is 0 Å². The molecule has 0 saturated heterocycles. The molecule has 27 heavy (non-hydrogen) atoms. The van der Waals surface area contributed by atoms with Gasteiger partial charge in [-0.25, -0.2) is 9.79 Å². The van der Waals surface area contributed by atoms with E-state index in [1.54, 1.807) is 0 Å². The van der Waals surface area contributed by atoms with Crippen molar-refractivity contribution in [3.63, 3.8) is 0 Å². The van der Waals surface area contributed by atoms with Crippen LogP contribution in [-0.2, 0) is 17.8 Å². The number of hydrogen-bond acceptors (Lipinski definition) is 3. The molecule has 0 fully saturated rings. The Labute approximate surface area is 157 Å². The van der Waals surface area contributed by atoms with Gasteiger partial charge in [-0.05, 0) is 24.5 Å². The highest BCUT2D eigenvalue weighted by molar-refractivity contribution is 6.16. The lowest BCUT2D eigenvalue weighted by molar-refractivity contribution is -0.819. The van der Waals surface area contributed by atoms with Crippen molar-refractivity contribution < 1.29 is 19.6 Å². The van der Waals surface area contributed by atoms with Crippen LogP contribution in [0.2, 0.25) is 0 Å². The molecule has 6 heteroatoms. The average Bonchev–Trinajstić information content (AvgIpc) is 2.64. The molecule has 1 spiro atoms. The van der Waals surface area contributed by atoms with Gasteiger partial charge >= 0.3 is 6.03 Å². The molecule has 6 nitrogen and oxygen atoms in total. The van der Waals surface area contributed by atoms with Crippen molar-refractivity contribution in [2.24, 2.45) is 10.4 Å². The van der Waals surface area contributed by atoms with Gasteiger partial charge in [0.2, 0.25) is 5.91 Å². The third kappa shape index (κ3) is 2.82. The smallest absolute Gasteiger partial charge is 0.349 e. The molecule has 2 aromatic carbocycles. The van der Waals surface area contributed by atoms with E-state index in [1.807, 2.05) is 62.5 Å². The quantitative estimate of drug-likeness (QED) is 0.849. The first-order chi connectivity index (χ1) is 12.9. The van der Waals surface area contributed by atoms with Crippen molar-refractivity contribution in [1.29, 1.82) is 0 Å². The van der Waals surface area contributed by atoms with E-state index in [0.29, 0.717) is 6.54 Å². The van der Waals surface area contributed by atoms with E-state index in [-0.39, 0.29) is 13.0 Å². The first kappa shape index (κ1) is 17.4. The van der Waals surface area contributed by atoms with Gasteiger partial charge in [-0.3, -0.25) is 9.69 Å². The van der Waals surface area contributed by atoms with Crippen molar-refractivity contribution in [3.05, 3.63) is 65.2 Å². The second kappa shape index (κ2) is 6.32. The Hall–Kier alpha value is -2.99. The summed E-state index contributed by atoms with van der Waals surface area (Å²) in [5.41, 5.74) is 2.63. The number of urea groups is 1. The number of hydrogen-bond donors (Lipinski definition) is 1. The molecular formula is C21H21N3O3. The molecule has 0 aliphatic carbocycles. The summed E-state index contributed by atoms with van der Waals surface area (Å²) in [7, 11) is 1.94. The number of nitrogens with one attached hydrogen (secondary N) is 1. The van der Waals surface area contributed by atoms with Crippen LogP contribution in [0.1, 0.15) is 16.7 Å². The van der Waals surface area contributed by atoms with Crippen LogP contribution in [0.4, 0.5) is 10.5 Å². The number of carbonyl (C=O) groups is 2. The lowest BCUT2D eigenvalue weighted by Crippen LogP contribution is -3.08. The standard InChI is InChI=1S/C21H21N3O3/c1-14-8-9-17-16(10-14)11-21(13-23(17)2)18(25)22-20(27)24(19(21)26)12-15-6-4-3-5-7-15/h3-10H,11-13H2,1-2H3,(H,22,25,27). The number of aliphatic imine (C=N–C) groups is 1. The lowest BCUT2D eigenvalue weighted by Gasteiger charge is -2.45. The molecule has 138 valence electrons. The molecule has 2 aliphatic heterocycles. The maximum Gasteiger partial charge on any atom is 0.349 e. The molecule has 0 radical (unpaired) electrons. The van der Waals surface area contributed by atoms with Gasteiger partial charge < -0.3 is 10.0 Å². The number of quaternary nitrogens is 1. The van der Waals surface area contributed by atoms with Crippen LogP contribution in [0.25, 0.3) is 0 Å². The van der Waals surface area contributed by atoms with Gasteiger partial charge in [0, 0.05) is 12.0 Å². The zero-order chi connectivity index (χ0) is 19.2. The minimum atomic E-state index is -1.31. The number of nitrogens with zero attached hydrogens (tertiary/aromatic N) is 2. The van der Waals surface area contributed by atoms with Gasteiger partial charge in [-0.2, -0.15) is 0 Å².